The zero-order chi connectivity index (χ0) is 24.2. The van der Waals surface area contributed by atoms with Crippen LogP contribution >= 0.6 is 0 Å². The van der Waals surface area contributed by atoms with E-state index >= 15 is 0 Å². The van der Waals surface area contributed by atoms with Crippen LogP contribution in [0.2, 0.25) is 18.1 Å². The molecule has 2 aliphatic heterocycles. The molecular formula is C25H43N3O4Si. The van der Waals surface area contributed by atoms with Crippen molar-refractivity contribution in [1.82, 2.24) is 14.7 Å². The van der Waals surface area contributed by atoms with Crippen molar-refractivity contribution in [2.75, 3.05) is 46.0 Å². The van der Waals surface area contributed by atoms with Crippen LogP contribution < -0.4 is 0 Å². The molecule has 0 aromatic heterocycles. The molecule has 0 radical (unpaired) electrons. The van der Waals surface area contributed by atoms with Crippen LogP contribution in [0.3, 0.4) is 0 Å². The number of morpholine rings is 1. The van der Waals surface area contributed by atoms with Crippen molar-refractivity contribution >= 4 is 14.4 Å². The van der Waals surface area contributed by atoms with Crippen molar-refractivity contribution in [1.29, 1.82) is 0 Å². The number of hydrogen-bond acceptors (Lipinski definition) is 5. The molecule has 0 aliphatic carbocycles. The fourth-order valence-corrected chi connectivity index (χ4v) is 5.48. The highest BCUT2D eigenvalue weighted by molar-refractivity contribution is 6.74. The first-order chi connectivity index (χ1) is 15.5. The molecule has 0 spiro atoms. The van der Waals surface area contributed by atoms with Crippen molar-refractivity contribution in [3.63, 3.8) is 0 Å². The number of piperazine rings is 1. The van der Waals surface area contributed by atoms with Crippen molar-refractivity contribution in [2.24, 2.45) is 0 Å². The van der Waals surface area contributed by atoms with Gasteiger partial charge in [0.15, 0.2) is 8.32 Å². The summed E-state index contributed by atoms with van der Waals surface area (Å²) >= 11 is 0. The van der Waals surface area contributed by atoms with Gasteiger partial charge in [-0.05, 0) is 30.6 Å². The lowest BCUT2D eigenvalue weighted by Crippen LogP contribution is -2.63. The van der Waals surface area contributed by atoms with E-state index in [0.29, 0.717) is 26.4 Å². The largest absolute Gasteiger partial charge is 0.465 e. The topological polar surface area (TPSA) is 65.5 Å². The van der Waals surface area contributed by atoms with Gasteiger partial charge in [-0.25, -0.2) is 4.79 Å². The highest BCUT2D eigenvalue weighted by Crippen LogP contribution is 2.36. The molecule has 2 saturated heterocycles. The Kier molecular flexibility index (Phi) is 8.61. The molecule has 8 heteroatoms. The second kappa shape index (κ2) is 10.9. The molecule has 1 aromatic rings. The molecule has 3 rings (SSSR count). The summed E-state index contributed by atoms with van der Waals surface area (Å²) in [5.41, 5.74) is 1.26. The van der Waals surface area contributed by atoms with Crippen LogP contribution in [0.1, 0.15) is 33.3 Å². The maximum Gasteiger partial charge on any atom is 0.407 e. The number of amides is 1. The minimum Gasteiger partial charge on any atom is -0.465 e. The summed E-state index contributed by atoms with van der Waals surface area (Å²) in [5, 5.41) is 9.94. The quantitative estimate of drug-likeness (QED) is 0.600. The first-order valence-corrected chi connectivity index (χ1v) is 15.1. The number of carboxylic acid groups (broad SMARTS) is 1. The Morgan fingerprint density at radius 3 is 2.48 bits per heavy atom. The average molecular weight is 478 g/mol. The van der Waals surface area contributed by atoms with E-state index in [1.165, 1.54) is 5.56 Å². The van der Waals surface area contributed by atoms with E-state index in [-0.39, 0.29) is 23.2 Å². The van der Waals surface area contributed by atoms with Crippen molar-refractivity contribution in [2.45, 2.75) is 70.5 Å². The van der Waals surface area contributed by atoms with Gasteiger partial charge in [-0.2, -0.15) is 0 Å². The average Bonchev–Trinajstić information content (AvgIpc) is 2.74. The Balaban J connectivity index is 1.72. The SMILES string of the molecule is C[C@@H]1CN(Cc2ccccc2)[C@@H](CN2CCOC[C@H]2CO[Si](C)(C)C(C)(C)C)CN1C(=O)O. The monoisotopic (exact) mass is 477 g/mol. The Labute approximate surface area is 200 Å². The van der Waals surface area contributed by atoms with Gasteiger partial charge in [-0.1, -0.05) is 51.1 Å². The van der Waals surface area contributed by atoms with Gasteiger partial charge in [-0.15, -0.1) is 0 Å². The van der Waals surface area contributed by atoms with Gasteiger partial charge >= 0.3 is 6.09 Å². The van der Waals surface area contributed by atoms with Crippen LogP contribution in [0.25, 0.3) is 0 Å². The Morgan fingerprint density at radius 2 is 1.85 bits per heavy atom. The van der Waals surface area contributed by atoms with E-state index in [4.69, 9.17) is 9.16 Å². The third kappa shape index (κ3) is 6.79. The van der Waals surface area contributed by atoms with Crippen LogP contribution in [0, 0.1) is 0 Å². The number of nitrogens with zero attached hydrogens (tertiary/aromatic N) is 3. The van der Waals surface area contributed by atoms with Crippen molar-refractivity contribution in [3.8, 4) is 0 Å². The number of rotatable bonds is 7. The molecule has 7 nitrogen and oxygen atoms in total. The van der Waals surface area contributed by atoms with Gasteiger partial charge in [0.25, 0.3) is 0 Å². The summed E-state index contributed by atoms with van der Waals surface area (Å²) in [7, 11) is -1.85. The van der Waals surface area contributed by atoms with Crippen molar-refractivity contribution < 1.29 is 19.1 Å². The highest BCUT2D eigenvalue weighted by atomic mass is 28.4. The van der Waals surface area contributed by atoms with Crippen LogP contribution in [-0.2, 0) is 15.7 Å². The molecule has 1 amide bonds. The summed E-state index contributed by atoms with van der Waals surface area (Å²) in [6.45, 7) is 19.2. The Morgan fingerprint density at radius 1 is 1.15 bits per heavy atom. The lowest BCUT2D eigenvalue weighted by Gasteiger charge is -2.47. The normalized spacial score (nSPS) is 25.9. The Bertz CT molecular complexity index is 771. The molecule has 33 heavy (non-hydrogen) atoms. The standard InChI is InChI=1S/C25H43N3O4Si/c1-20-14-27(15-21-10-8-7-9-11-21)22(17-28(20)24(29)30)16-26-12-13-31-18-23(26)19-32-33(5,6)25(2,3)4/h7-11,20,22-23H,12-19H2,1-6H3,(H,29,30)/t20-,22+,23+/m1/s1. The summed E-state index contributed by atoms with van der Waals surface area (Å²) < 4.78 is 12.4. The minimum absolute atomic E-state index is 0.0233. The molecule has 1 N–H and O–H groups in total. The highest BCUT2D eigenvalue weighted by Gasteiger charge is 2.40. The number of ether oxygens (including phenoxy) is 1. The summed E-state index contributed by atoms with van der Waals surface area (Å²) in [6, 6.07) is 10.8. The van der Waals surface area contributed by atoms with E-state index < -0.39 is 14.4 Å². The second-order valence-corrected chi connectivity index (χ2v) is 16.0. The van der Waals surface area contributed by atoms with Gasteiger partial charge < -0.3 is 19.2 Å². The van der Waals surface area contributed by atoms with Crippen LogP contribution in [-0.4, -0.2) is 98.3 Å². The number of benzene rings is 1. The fourth-order valence-electron chi connectivity index (χ4n) is 4.44. The molecule has 186 valence electrons. The van der Waals surface area contributed by atoms with E-state index in [1.807, 2.05) is 13.0 Å². The first kappa shape index (κ1) is 26.2. The Hall–Kier alpha value is -1.45. The second-order valence-electron chi connectivity index (χ2n) is 11.1. The number of carbonyl (C=O) groups is 1. The maximum absolute atomic E-state index is 11.9. The maximum atomic E-state index is 11.9. The van der Waals surface area contributed by atoms with Crippen LogP contribution in [0.15, 0.2) is 30.3 Å². The van der Waals surface area contributed by atoms with E-state index in [1.54, 1.807) is 4.90 Å². The smallest absolute Gasteiger partial charge is 0.407 e. The predicted octanol–water partition coefficient (Wildman–Crippen LogP) is 3.96. The molecule has 2 heterocycles. The molecule has 2 fully saturated rings. The third-order valence-electron chi connectivity index (χ3n) is 7.67. The first-order valence-electron chi connectivity index (χ1n) is 12.2. The predicted molar refractivity (Wildman–Crippen MR) is 134 cm³/mol. The molecule has 0 saturated carbocycles. The van der Waals surface area contributed by atoms with Gasteiger partial charge in [0.2, 0.25) is 0 Å². The fraction of sp³-hybridized carbons (Fsp3) is 0.720. The third-order valence-corrected chi connectivity index (χ3v) is 12.2. The lowest BCUT2D eigenvalue weighted by molar-refractivity contribution is -0.0489. The molecule has 3 atom stereocenters. The van der Waals surface area contributed by atoms with Gasteiger partial charge in [-0.3, -0.25) is 9.80 Å². The van der Waals surface area contributed by atoms with Gasteiger partial charge in [0, 0.05) is 44.8 Å². The molecular weight excluding hydrogens is 434 g/mol. The summed E-state index contributed by atoms with van der Waals surface area (Å²) in [4.78, 5) is 18.4. The zero-order valence-corrected chi connectivity index (χ0v) is 22.3. The van der Waals surface area contributed by atoms with Crippen molar-refractivity contribution in [3.05, 3.63) is 35.9 Å². The van der Waals surface area contributed by atoms with E-state index in [9.17, 15) is 9.90 Å². The van der Waals surface area contributed by atoms with Crippen LogP contribution in [0.4, 0.5) is 4.79 Å². The molecule has 0 unspecified atom stereocenters. The molecule has 2 aliphatic rings. The van der Waals surface area contributed by atoms with Gasteiger partial charge in [0.1, 0.15) is 0 Å². The zero-order valence-electron chi connectivity index (χ0n) is 21.3. The van der Waals surface area contributed by atoms with Crippen LogP contribution in [0.5, 0.6) is 0 Å². The number of hydrogen-bond donors (Lipinski definition) is 1. The van der Waals surface area contributed by atoms with Gasteiger partial charge in [0.05, 0.1) is 25.9 Å². The lowest BCUT2D eigenvalue weighted by atomic mass is 10.0. The van der Waals surface area contributed by atoms with E-state index in [0.717, 1.165) is 26.2 Å². The summed E-state index contributed by atoms with van der Waals surface area (Å²) in [5.74, 6) is 0. The molecule has 1 aromatic carbocycles. The molecule has 0 bridgehead atoms. The minimum atomic E-state index is -1.85. The summed E-state index contributed by atoms with van der Waals surface area (Å²) in [6.07, 6.45) is -0.827. The van der Waals surface area contributed by atoms with E-state index in [2.05, 4.69) is 67.9 Å².